The van der Waals surface area contributed by atoms with E-state index in [1.807, 2.05) is 0 Å². The van der Waals surface area contributed by atoms with E-state index in [1.165, 1.54) is 0 Å². The highest BCUT2D eigenvalue weighted by molar-refractivity contribution is 4.98. The first-order valence-electron chi connectivity index (χ1n) is 5.68. The minimum Gasteiger partial charge on any atom is -0.392 e. The predicted octanol–water partition coefficient (Wildman–Crippen LogP) is 1.05. The maximum atomic E-state index is 9.40. The Kier molecular flexibility index (Phi) is 2.99. The van der Waals surface area contributed by atoms with Crippen molar-refractivity contribution in [2.75, 3.05) is 6.54 Å². The third-order valence-corrected chi connectivity index (χ3v) is 2.58. The average molecular weight is 225 g/mol. The molecule has 0 unspecified atom stereocenters. The second-order valence-electron chi connectivity index (χ2n) is 5.64. The standard InChI is InChI=1S/C11H19N3O2/c1-11(2,3)5-9-13-10(16-14-9)8-4-7(15)6-12-8/h7-8,12,15H,4-6H2,1-3H3/t7-,8-/m1/s1. The summed E-state index contributed by atoms with van der Waals surface area (Å²) in [5.74, 6) is 1.33. The van der Waals surface area contributed by atoms with Crippen molar-refractivity contribution in [1.82, 2.24) is 15.5 Å². The number of aliphatic hydroxyl groups is 1. The van der Waals surface area contributed by atoms with Crippen molar-refractivity contribution in [2.24, 2.45) is 5.41 Å². The number of aromatic nitrogens is 2. The second kappa shape index (κ2) is 4.14. The van der Waals surface area contributed by atoms with Gasteiger partial charge in [0.25, 0.3) is 0 Å². The van der Waals surface area contributed by atoms with Crippen molar-refractivity contribution in [3.05, 3.63) is 11.7 Å². The maximum Gasteiger partial charge on any atom is 0.243 e. The lowest BCUT2D eigenvalue weighted by atomic mass is 9.92. The van der Waals surface area contributed by atoms with E-state index >= 15 is 0 Å². The highest BCUT2D eigenvalue weighted by Crippen LogP contribution is 2.24. The molecule has 0 bridgehead atoms. The summed E-state index contributed by atoms with van der Waals surface area (Å²) >= 11 is 0. The molecule has 5 heteroatoms. The average Bonchev–Trinajstić information content (AvgIpc) is 2.71. The van der Waals surface area contributed by atoms with Crippen LogP contribution in [0.5, 0.6) is 0 Å². The van der Waals surface area contributed by atoms with Gasteiger partial charge in [0.1, 0.15) is 0 Å². The molecule has 2 N–H and O–H groups in total. The van der Waals surface area contributed by atoms with E-state index in [9.17, 15) is 5.11 Å². The molecule has 2 heterocycles. The minimum absolute atomic E-state index is 0.0104. The van der Waals surface area contributed by atoms with E-state index in [1.54, 1.807) is 0 Å². The van der Waals surface area contributed by atoms with Gasteiger partial charge in [0, 0.05) is 13.0 Å². The van der Waals surface area contributed by atoms with Crippen molar-refractivity contribution >= 4 is 0 Å². The second-order valence-corrected chi connectivity index (χ2v) is 5.64. The van der Waals surface area contributed by atoms with Crippen LogP contribution in [0, 0.1) is 5.41 Å². The first-order chi connectivity index (χ1) is 7.44. The van der Waals surface area contributed by atoms with Crippen LogP contribution in [0.1, 0.15) is 44.9 Å². The number of rotatable bonds is 2. The summed E-state index contributed by atoms with van der Waals surface area (Å²) in [6.45, 7) is 7.02. The van der Waals surface area contributed by atoms with Gasteiger partial charge in [-0.2, -0.15) is 4.98 Å². The van der Waals surface area contributed by atoms with Gasteiger partial charge in [-0.1, -0.05) is 25.9 Å². The summed E-state index contributed by atoms with van der Waals surface area (Å²) in [5.41, 5.74) is 0.157. The van der Waals surface area contributed by atoms with Gasteiger partial charge >= 0.3 is 0 Å². The summed E-state index contributed by atoms with van der Waals surface area (Å²) in [4.78, 5) is 4.36. The van der Waals surface area contributed by atoms with E-state index < -0.39 is 0 Å². The molecule has 1 saturated heterocycles. The third kappa shape index (κ3) is 2.80. The normalized spacial score (nSPS) is 26.2. The Labute approximate surface area is 95.2 Å². The van der Waals surface area contributed by atoms with Crippen molar-refractivity contribution in [3.63, 3.8) is 0 Å². The van der Waals surface area contributed by atoms with Crippen LogP contribution in [0.4, 0.5) is 0 Å². The number of hydrogen-bond donors (Lipinski definition) is 2. The molecule has 16 heavy (non-hydrogen) atoms. The van der Waals surface area contributed by atoms with Crippen LogP contribution >= 0.6 is 0 Å². The van der Waals surface area contributed by atoms with Gasteiger partial charge in [-0.05, 0) is 11.8 Å². The van der Waals surface area contributed by atoms with Gasteiger partial charge in [0.2, 0.25) is 5.89 Å². The topological polar surface area (TPSA) is 71.2 Å². The Morgan fingerprint density at radius 3 is 2.81 bits per heavy atom. The molecule has 0 saturated carbocycles. The SMILES string of the molecule is CC(C)(C)Cc1noc([C@H]2C[C@@H](O)CN2)n1. The van der Waals surface area contributed by atoms with Gasteiger partial charge in [0.05, 0.1) is 12.1 Å². The van der Waals surface area contributed by atoms with Crippen LogP contribution in [0.15, 0.2) is 4.52 Å². The number of nitrogens with zero attached hydrogens (tertiary/aromatic N) is 2. The monoisotopic (exact) mass is 225 g/mol. The number of nitrogens with one attached hydrogen (secondary N) is 1. The zero-order chi connectivity index (χ0) is 11.8. The molecular formula is C11H19N3O2. The highest BCUT2D eigenvalue weighted by Gasteiger charge is 2.28. The molecule has 1 aromatic heterocycles. The Morgan fingerprint density at radius 1 is 1.50 bits per heavy atom. The summed E-state index contributed by atoms with van der Waals surface area (Å²) in [6, 6.07) is 0.0104. The van der Waals surface area contributed by atoms with Crippen LogP contribution in [-0.2, 0) is 6.42 Å². The number of aliphatic hydroxyl groups excluding tert-OH is 1. The third-order valence-electron chi connectivity index (χ3n) is 2.58. The molecule has 0 amide bonds. The lowest BCUT2D eigenvalue weighted by Gasteiger charge is -2.14. The zero-order valence-electron chi connectivity index (χ0n) is 10.0. The van der Waals surface area contributed by atoms with Crippen LogP contribution in [0.25, 0.3) is 0 Å². The summed E-state index contributed by atoms with van der Waals surface area (Å²) in [6.07, 6.45) is 1.14. The Bertz CT molecular complexity index is 356. The molecule has 90 valence electrons. The van der Waals surface area contributed by atoms with Crippen molar-refractivity contribution in [1.29, 1.82) is 0 Å². The Balaban J connectivity index is 2.02. The van der Waals surface area contributed by atoms with Crippen LogP contribution in [-0.4, -0.2) is 27.9 Å². The predicted molar refractivity (Wildman–Crippen MR) is 58.8 cm³/mol. The minimum atomic E-state index is -0.303. The highest BCUT2D eigenvalue weighted by atomic mass is 16.5. The largest absolute Gasteiger partial charge is 0.392 e. The van der Waals surface area contributed by atoms with Gasteiger partial charge in [0.15, 0.2) is 5.82 Å². The number of hydrogen-bond acceptors (Lipinski definition) is 5. The van der Waals surface area contributed by atoms with Gasteiger partial charge in [-0.15, -0.1) is 0 Å². The fourth-order valence-corrected chi connectivity index (χ4v) is 1.86. The van der Waals surface area contributed by atoms with Gasteiger partial charge in [-0.3, -0.25) is 0 Å². The van der Waals surface area contributed by atoms with Crippen LogP contribution in [0.3, 0.4) is 0 Å². The fraction of sp³-hybridized carbons (Fsp3) is 0.818. The van der Waals surface area contributed by atoms with Crippen molar-refractivity contribution in [3.8, 4) is 0 Å². The fourth-order valence-electron chi connectivity index (χ4n) is 1.86. The van der Waals surface area contributed by atoms with Crippen molar-refractivity contribution < 1.29 is 9.63 Å². The van der Waals surface area contributed by atoms with Crippen LogP contribution in [0.2, 0.25) is 0 Å². The Hall–Kier alpha value is -0.940. The summed E-state index contributed by atoms with van der Waals surface area (Å²) in [5, 5.41) is 16.5. The summed E-state index contributed by atoms with van der Waals surface area (Å²) < 4.78 is 5.21. The van der Waals surface area contributed by atoms with Crippen LogP contribution < -0.4 is 5.32 Å². The van der Waals surface area contributed by atoms with Gasteiger partial charge in [-0.25, -0.2) is 0 Å². The van der Waals surface area contributed by atoms with E-state index in [-0.39, 0.29) is 17.6 Å². The molecule has 2 rings (SSSR count). The van der Waals surface area contributed by atoms with E-state index in [0.717, 1.165) is 12.2 Å². The van der Waals surface area contributed by atoms with E-state index in [0.29, 0.717) is 18.9 Å². The molecule has 0 aromatic carbocycles. The summed E-state index contributed by atoms with van der Waals surface area (Å²) in [7, 11) is 0. The molecule has 1 aliphatic rings. The van der Waals surface area contributed by atoms with Gasteiger partial charge < -0.3 is 14.9 Å². The first kappa shape index (κ1) is 11.5. The molecular weight excluding hydrogens is 206 g/mol. The maximum absolute atomic E-state index is 9.40. The molecule has 1 aliphatic heterocycles. The van der Waals surface area contributed by atoms with Crippen molar-refractivity contribution in [2.45, 2.75) is 45.8 Å². The number of β-amino-alcohol motifs (C(OH)–C–C–N with tert-alkyl or cyclic N) is 1. The smallest absolute Gasteiger partial charge is 0.243 e. The zero-order valence-corrected chi connectivity index (χ0v) is 10.0. The lowest BCUT2D eigenvalue weighted by Crippen LogP contribution is -2.15. The van der Waals surface area contributed by atoms with E-state index in [4.69, 9.17) is 4.52 Å². The molecule has 0 radical (unpaired) electrons. The first-order valence-corrected chi connectivity index (χ1v) is 5.68. The molecule has 0 spiro atoms. The molecule has 0 aliphatic carbocycles. The lowest BCUT2D eigenvalue weighted by molar-refractivity contribution is 0.191. The molecule has 1 aromatic rings. The molecule has 2 atom stereocenters. The molecule has 5 nitrogen and oxygen atoms in total. The quantitative estimate of drug-likeness (QED) is 0.787. The molecule has 1 fully saturated rings. The Morgan fingerprint density at radius 2 is 2.25 bits per heavy atom. The van der Waals surface area contributed by atoms with E-state index in [2.05, 4.69) is 36.2 Å².